The van der Waals surface area contributed by atoms with Crippen LogP contribution in [0, 0.1) is 6.92 Å². The molecule has 0 radical (unpaired) electrons. The Morgan fingerprint density at radius 2 is 1.62 bits per heavy atom. The van der Waals surface area contributed by atoms with Gasteiger partial charge in [0.15, 0.2) is 0 Å². The normalized spacial score (nSPS) is 20.4. The zero-order chi connectivity index (χ0) is 18.2. The van der Waals surface area contributed by atoms with Crippen LogP contribution in [0.2, 0.25) is 0 Å². The molecule has 1 N–H and O–H groups in total. The summed E-state index contributed by atoms with van der Waals surface area (Å²) >= 11 is 0. The molecule has 7 heteroatoms. The van der Waals surface area contributed by atoms with Crippen LogP contribution in [0.1, 0.15) is 40.2 Å². The van der Waals surface area contributed by atoms with Crippen LogP contribution >= 0.6 is 0 Å². The molecule has 0 aromatic heterocycles. The van der Waals surface area contributed by atoms with Crippen molar-refractivity contribution >= 4 is 17.1 Å². The Balaban J connectivity index is 2.00. The molecule has 1 aromatic carbocycles. The smallest absolute Gasteiger partial charge is 0.400 e. The predicted molar refractivity (Wildman–Crippen MR) is 96.2 cm³/mol. The summed E-state index contributed by atoms with van der Waals surface area (Å²) in [6, 6.07) is 6.75. The van der Waals surface area contributed by atoms with Crippen molar-refractivity contribution in [3.05, 3.63) is 41.4 Å². The fraction of sp³-hybridized carbons (Fsp3) is 0.529. The summed E-state index contributed by atoms with van der Waals surface area (Å²) in [4.78, 5) is 0.259. The number of hydrogen-bond acceptors (Lipinski definition) is 4. The van der Waals surface area contributed by atoms with Crippen LogP contribution < -0.4 is 4.72 Å². The minimum absolute atomic E-state index is 0.187. The van der Waals surface area contributed by atoms with Gasteiger partial charge in [0, 0.05) is 6.54 Å². The van der Waals surface area contributed by atoms with E-state index < -0.39 is 28.3 Å². The first kappa shape index (κ1) is 19.2. The molecule has 1 saturated heterocycles. The van der Waals surface area contributed by atoms with Crippen LogP contribution in [0.3, 0.4) is 0 Å². The summed E-state index contributed by atoms with van der Waals surface area (Å²) in [5.41, 5.74) is 1.05. The molecule has 0 atom stereocenters. The predicted octanol–water partition coefficient (Wildman–Crippen LogP) is 2.85. The summed E-state index contributed by atoms with van der Waals surface area (Å²) in [7, 11) is -3.98. The first-order valence-electron chi connectivity index (χ1n) is 8.03. The molecule has 0 aliphatic carbocycles. The average molecular weight is 351 g/mol. The van der Waals surface area contributed by atoms with Crippen molar-refractivity contribution in [3.63, 3.8) is 0 Å². The minimum Gasteiger partial charge on any atom is -0.400 e. The summed E-state index contributed by atoms with van der Waals surface area (Å²) in [6.45, 7) is 11.9. The molecule has 1 aliphatic heterocycles. The van der Waals surface area contributed by atoms with Crippen LogP contribution in [0.5, 0.6) is 0 Å². The molecular formula is C17H26BNO4S. The van der Waals surface area contributed by atoms with Gasteiger partial charge in [0.25, 0.3) is 0 Å². The Bertz CT molecular complexity index is 707. The second-order valence-corrected chi connectivity index (χ2v) is 8.97. The first-order valence-corrected chi connectivity index (χ1v) is 9.51. The highest BCUT2D eigenvalue weighted by Crippen LogP contribution is 2.38. The number of rotatable bonds is 5. The lowest BCUT2D eigenvalue weighted by molar-refractivity contribution is 0.00578. The second kappa shape index (κ2) is 6.63. The van der Waals surface area contributed by atoms with E-state index in [9.17, 15) is 8.42 Å². The van der Waals surface area contributed by atoms with Gasteiger partial charge in [-0.15, -0.1) is 0 Å². The van der Waals surface area contributed by atoms with Crippen molar-refractivity contribution in [1.82, 2.24) is 4.72 Å². The van der Waals surface area contributed by atoms with Gasteiger partial charge in [0.2, 0.25) is 10.0 Å². The Morgan fingerprint density at radius 3 is 2.12 bits per heavy atom. The van der Waals surface area contributed by atoms with E-state index in [0.717, 1.165) is 11.0 Å². The van der Waals surface area contributed by atoms with Crippen LogP contribution in [-0.4, -0.2) is 33.3 Å². The first-order chi connectivity index (χ1) is 10.9. The van der Waals surface area contributed by atoms with Crippen LogP contribution in [-0.2, 0) is 19.3 Å². The monoisotopic (exact) mass is 351 g/mol. The van der Waals surface area contributed by atoms with Gasteiger partial charge >= 0.3 is 7.12 Å². The standard InChI is InChI=1S/C17H26BNO4S/c1-13-7-9-15(10-8-13)24(20,21)19-12-11-14(2)18-22-16(3,4)17(5,6)23-18/h7-11,19H,12H2,1-6H3/b14-11+. The molecule has 1 aliphatic rings. The average Bonchev–Trinajstić information content (AvgIpc) is 2.67. The third-order valence-electron chi connectivity index (χ3n) is 4.65. The zero-order valence-corrected chi connectivity index (χ0v) is 16.0. The second-order valence-electron chi connectivity index (χ2n) is 7.20. The highest BCUT2D eigenvalue weighted by Gasteiger charge is 2.51. The third-order valence-corrected chi connectivity index (χ3v) is 6.09. The summed E-state index contributed by atoms with van der Waals surface area (Å²) in [5.74, 6) is 0. The fourth-order valence-corrected chi connectivity index (χ4v) is 3.20. The number of sulfonamides is 1. The van der Waals surface area contributed by atoms with Gasteiger partial charge in [-0.25, -0.2) is 13.1 Å². The van der Waals surface area contributed by atoms with E-state index in [0.29, 0.717) is 0 Å². The lowest BCUT2D eigenvalue weighted by Gasteiger charge is -2.32. The van der Waals surface area contributed by atoms with Gasteiger partial charge in [-0.2, -0.15) is 0 Å². The number of hydrogen-bond donors (Lipinski definition) is 1. The van der Waals surface area contributed by atoms with Gasteiger partial charge in [0.05, 0.1) is 16.1 Å². The molecule has 0 unspecified atom stereocenters. The highest BCUT2D eigenvalue weighted by atomic mass is 32.2. The number of benzene rings is 1. The van der Waals surface area contributed by atoms with Gasteiger partial charge in [-0.1, -0.05) is 23.8 Å². The van der Waals surface area contributed by atoms with E-state index in [1.54, 1.807) is 30.3 Å². The number of aryl methyl sites for hydroxylation is 1. The number of allylic oxidation sites excluding steroid dienone is 1. The molecule has 0 amide bonds. The molecule has 5 nitrogen and oxygen atoms in total. The van der Waals surface area contributed by atoms with Crippen molar-refractivity contribution in [2.75, 3.05) is 6.54 Å². The van der Waals surface area contributed by atoms with Gasteiger partial charge < -0.3 is 9.31 Å². The summed E-state index contributed by atoms with van der Waals surface area (Å²) in [5, 5.41) is 0. The van der Waals surface area contributed by atoms with E-state index >= 15 is 0 Å². The molecule has 0 spiro atoms. The Labute approximate surface area is 145 Å². The Kier molecular flexibility index (Phi) is 5.30. The number of nitrogens with one attached hydrogen (secondary N) is 1. The fourth-order valence-electron chi connectivity index (χ4n) is 2.24. The van der Waals surface area contributed by atoms with Crippen molar-refractivity contribution in [3.8, 4) is 0 Å². The third kappa shape index (κ3) is 4.09. The van der Waals surface area contributed by atoms with Gasteiger partial charge in [0.1, 0.15) is 0 Å². The van der Waals surface area contributed by atoms with Crippen molar-refractivity contribution in [1.29, 1.82) is 0 Å². The molecular weight excluding hydrogens is 325 g/mol. The summed E-state index contributed by atoms with van der Waals surface area (Å²) < 4.78 is 39.0. The maximum absolute atomic E-state index is 12.2. The van der Waals surface area contributed by atoms with E-state index in [1.165, 1.54) is 0 Å². The molecule has 24 heavy (non-hydrogen) atoms. The minimum atomic E-state index is -3.52. The Hall–Kier alpha value is -1.15. The molecule has 2 rings (SSSR count). The van der Waals surface area contributed by atoms with E-state index in [-0.39, 0.29) is 11.4 Å². The zero-order valence-electron chi connectivity index (χ0n) is 15.2. The highest BCUT2D eigenvalue weighted by molar-refractivity contribution is 7.89. The maximum Gasteiger partial charge on any atom is 0.489 e. The van der Waals surface area contributed by atoms with Crippen molar-refractivity contribution in [2.24, 2.45) is 0 Å². The summed E-state index contributed by atoms with van der Waals surface area (Å²) in [6.07, 6.45) is 1.79. The molecule has 1 fully saturated rings. The maximum atomic E-state index is 12.2. The lowest BCUT2D eigenvalue weighted by atomic mass is 9.79. The van der Waals surface area contributed by atoms with Crippen molar-refractivity contribution < 1.29 is 17.7 Å². The quantitative estimate of drug-likeness (QED) is 0.829. The van der Waals surface area contributed by atoms with E-state index in [1.807, 2.05) is 41.5 Å². The molecule has 0 bridgehead atoms. The van der Waals surface area contributed by atoms with Crippen molar-refractivity contribution in [2.45, 2.75) is 57.6 Å². The van der Waals surface area contributed by atoms with E-state index in [2.05, 4.69) is 4.72 Å². The lowest BCUT2D eigenvalue weighted by Crippen LogP contribution is -2.41. The SMILES string of the molecule is C/C(=C\CNS(=O)(=O)c1ccc(C)cc1)B1OC(C)(C)C(C)(C)O1. The van der Waals surface area contributed by atoms with Gasteiger partial charge in [-0.3, -0.25) is 0 Å². The van der Waals surface area contributed by atoms with Gasteiger partial charge in [-0.05, 0) is 59.1 Å². The van der Waals surface area contributed by atoms with Crippen LogP contribution in [0.4, 0.5) is 0 Å². The molecule has 1 heterocycles. The molecule has 1 aromatic rings. The van der Waals surface area contributed by atoms with Crippen LogP contribution in [0.15, 0.2) is 40.7 Å². The largest absolute Gasteiger partial charge is 0.489 e. The molecule has 0 saturated carbocycles. The van der Waals surface area contributed by atoms with E-state index in [4.69, 9.17) is 9.31 Å². The Morgan fingerprint density at radius 1 is 1.12 bits per heavy atom. The van der Waals surface area contributed by atoms with Crippen LogP contribution in [0.25, 0.3) is 0 Å². The topological polar surface area (TPSA) is 64.6 Å². The molecule has 132 valence electrons.